The lowest BCUT2D eigenvalue weighted by molar-refractivity contribution is 0.329. The third-order valence-electron chi connectivity index (χ3n) is 3.39. The van der Waals surface area contributed by atoms with Crippen LogP contribution in [0.25, 0.3) is 0 Å². The minimum Gasteiger partial charge on any atom is -0.497 e. The van der Waals surface area contributed by atoms with Crippen molar-refractivity contribution in [1.29, 1.82) is 0 Å². The molecule has 1 aliphatic rings. The molecule has 0 saturated carbocycles. The van der Waals surface area contributed by atoms with Gasteiger partial charge in [-0.1, -0.05) is 0 Å². The quantitative estimate of drug-likeness (QED) is 0.847. The molecule has 3 rings (SSSR count). The molecular weight excluding hydrogens is 302 g/mol. The van der Waals surface area contributed by atoms with E-state index < -0.39 is 8.45 Å². The summed E-state index contributed by atoms with van der Waals surface area (Å²) in [5, 5.41) is 3.36. The van der Waals surface area contributed by atoms with Crippen LogP contribution in [0.3, 0.4) is 0 Å². The van der Waals surface area contributed by atoms with Crippen LogP contribution >= 0.6 is 8.45 Å². The maximum Gasteiger partial charge on any atom is 0.245 e. The van der Waals surface area contributed by atoms with Gasteiger partial charge in [0.15, 0.2) is 0 Å². The largest absolute Gasteiger partial charge is 0.497 e. The molecule has 0 amide bonds. The standard InChI is InChI=1S/C16H18FN2O2P/c1-20-16-9-7-15(8-10-16)19-11-2-12-21-22(19)18-14-5-3-13(17)4-6-14/h3-10,18H,2,11-12H2,1H3. The number of hydrogen-bond acceptors (Lipinski definition) is 4. The molecule has 1 aliphatic heterocycles. The summed E-state index contributed by atoms with van der Waals surface area (Å²) in [5.41, 5.74) is 1.94. The topological polar surface area (TPSA) is 33.7 Å². The molecule has 0 radical (unpaired) electrons. The Hall–Kier alpha value is -1.84. The number of halogens is 1. The van der Waals surface area contributed by atoms with Crippen molar-refractivity contribution in [1.82, 2.24) is 0 Å². The first-order valence-corrected chi connectivity index (χ1v) is 8.34. The third kappa shape index (κ3) is 3.49. The predicted octanol–water partition coefficient (Wildman–Crippen LogP) is 4.40. The van der Waals surface area contributed by atoms with Gasteiger partial charge in [0, 0.05) is 17.9 Å². The Morgan fingerprint density at radius 1 is 1.14 bits per heavy atom. The van der Waals surface area contributed by atoms with E-state index in [1.165, 1.54) is 12.1 Å². The molecule has 1 heterocycles. The number of nitrogens with zero attached hydrogens (tertiary/aromatic N) is 1. The number of methoxy groups -OCH3 is 1. The summed E-state index contributed by atoms with van der Waals surface area (Å²) in [6.07, 6.45) is 0.982. The highest BCUT2D eigenvalue weighted by Crippen LogP contribution is 2.47. The molecule has 1 fully saturated rings. The summed E-state index contributed by atoms with van der Waals surface area (Å²) in [7, 11) is 0.664. The van der Waals surface area contributed by atoms with Crippen LogP contribution < -0.4 is 14.5 Å². The van der Waals surface area contributed by atoms with Gasteiger partial charge in [-0.3, -0.25) is 0 Å². The molecule has 1 atom stereocenters. The average Bonchev–Trinajstić information content (AvgIpc) is 2.58. The summed E-state index contributed by atoms with van der Waals surface area (Å²) in [6.45, 7) is 1.65. The zero-order valence-electron chi connectivity index (χ0n) is 12.3. The van der Waals surface area contributed by atoms with Crippen LogP contribution in [0.15, 0.2) is 48.5 Å². The highest BCUT2D eigenvalue weighted by molar-refractivity contribution is 7.56. The van der Waals surface area contributed by atoms with E-state index in [1.807, 2.05) is 24.3 Å². The molecule has 0 spiro atoms. The van der Waals surface area contributed by atoms with Crippen molar-refractivity contribution in [3.05, 3.63) is 54.3 Å². The van der Waals surface area contributed by atoms with Gasteiger partial charge in [-0.15, -0.1) is 0 Å². The van der Waals surface area contributed by atoms with Gasteiger partial charge in [-0.2, -0.15) is 0 Å². The SMILES string of the molecule is COc1ccc(N2CCCOP2Nc2ccc(F)cc2)cc1. The van der Waals surface area contributed by atoms with Crippen molar-refractivity contribution in [3.63, 3.8) is 0 Å². The minimum absolute atomic E-state index is 0.241. The lowest BCUT2D eigenvalue weighted by atomic mass is 10.3. The van der Waals surface area contributed by atoms with E-state index in [-0.39, 0.29) is 5.82 Å². The fourth-order valence-corrected chi connectivity index (χ4v) is 3.90. The Kier molecular flexibility index (Phi) is 4.76. The van der Waals surface area contributed by atoms with Crippen molar-refractivity contribution in [2.75, 3.05) is 30.0 Å². The molecule has 2 aromatic rings. The third-order valence-corrected chi connectivity index (χ3v) is 5.13. The van der Waals surface area contributed by atoms with Crippen LogP contribution in [0.1, 0.15) is 6.42 Å². The van der Waals surface area contributed by atoms with E-state index in [4.69, 9.17) is 9.26 Å². The smallest absolute Gasteiger partial charge is 0.245 e. The van der Waals surface area contributed by atoms with E-state index in [1.54, 1.807) is 19.2 Å². The number of nitrogens with one attached hydrogen (secondary N) is 1. The number of anilines is 2. The highest BCUT2D eigenvalue weighted by atomic mass is 31.2. The monoisotopic (exact) mass is 320 g/mol. The maximum absolute atomic E-state index is 13.0. The zero-order valence-corrected chi connectivity index (χ0v) is 13.2. The number of ether oxygens (including phenoxy) is 1. The van der Waals surface area contributed by atoms with Crippen LogP contribution in [0.2, 0.25) is 0 Å². The summed E-state index contributed by atoms with van der Waals surface area (Å²) in [4.78, 5) is 0. The van der Waals surface area contributed by atoms with Crippen molar-refractivity contribution < 1.29 is 13.7 Å². The summed E-state index contributed by atoms with van der Waals surface area (Å²) < 4.78 is 26.3. The van der Waals surface area contributed by atoms with Crippen LogP contribution in [0.5, 0.6) is 5.75 Å². The molecule has 0 aromatic heterocycles. The first-order valence-electron chi connectivity index (χ1n) is 7.13. The van der Waals surface area contributed by atoms with Crippen molar-refractivity contribution >= 4 is 19.8 Å². The number of benzene rings is 2. The maximum atomic E-state index is 13.0. The van der Waals surface area contributed by atoms with Gasteiger partial charge in [-0.25, -0.2) is 4.39 Å². The van der Waals surface area contributed by atoms with Gasteiger partial charge < -0.3 is 19.0 Å². The molecule has 6 heteroatoms. The Bertz CT molecular complexity index is 607. The lowest BCUT2D eigenvalue weighted by Crippen LogP contribution is -2.28. The van der Waals surface area contributed by atoms with E-state index in [0.717, 1.165) is 36.7 Å². The molecule has 22 heavy (non-hydrogen) atoms. The number of hydrogen-bond donors (Lipinski definition) is 1. The molecule has 0 aliphatic carbocycles. The van der Waals surface area contributed by atoms with E-state index in [2.05, 4.69) is 9.76 Å². The highest BCUT2D eigenvalue weighted by Gasteiger charge is 2.24. The summed E-state index contributed by atoms with van der Waals surface area (Å²) in [5.74, 6) is 0.590. The molecule has 1 unspecified atom stereocenters. The average molecular weight is 320 g/mol. The van der Waals surface area contributed by atoms with Gasteiger partial charge in [0.1, 0.15) is 11.6 Å². The second kappa shape index (κ2) is 6.95. The molecule has 2 aromatic carbocycles. The molecule has 0 bridgehead atoms. The fourth-order valence-electron chi connectivity index (χ4n) is 2.24. The Balaban J connectivity index is 1.76. The number of rotatable bonds is 4. The van der Waals surface area contributed by atoms with Crippen molar-refractivity contribution in [2.45, 2.75) is 6.42 Å². The van der Waals surface area contributed by atoms with Crippen LogP contribution in [0.4, 0.5) is 15.8 Å². The van der Waals surface area contributed by atoms with Gasteiger partial charge in [0.05, 0.1) is 13.7 Å². The van der Waals surface area contributed by atoms with Gasteiger partial charge in [0.25, 0.3) is 0 Å². The Morgan fingerprint density at radius 2 is 1.86 bits per heavy atom. The Morgan fingerprint density at radius 3 is 2.55 bits per heavy atom. The minimum atomic E-state index is -0.991. The Labute approximate surface area is 130 Å². The van der Waals surface area contributed by atoms with Crippen molar-refractivity contribution in [2.24, 2.45) is 0 Å². The van der Waals surface area contributed by atoms with Crippen LogP contribution in [-0.2, 0) is 4.52 Å². The van der Waals surface area contributed by atoms with Crippen LogP contribution in [0, 0.1) is 5.82 Å². The first-order chi connectivity index (χ1) is 10.8. The van der Waals surface area contributed by atoms with Gasteiger partial charge >= 0.3 is 0 Å². The van der Waals surface area contributed by atoms with E-state index in [0.29, 0.717) is 0 Å². The second-order valence-corrected chi connectivity index (χ2v) is 6.41. The molecule has 116 valence electrons. The second-order valence-electron chi connectivity index (χ2n) is 4.90. The molecule has 4 nitrogen and oxygen atoms in total. The van der Waals surface area contributed by atoms with Crippen molar-refractivity contribution in [3.8, 4) is 5.75 Å². The summed E-state index contributed by atoms with van der Waals surface area (Å²) >= 11 is 0. The van der Waals surface area contributed by atoms with Gasteiger partial charge in [-0.05, 0) is 55.0 Å². The molecular formula is C16H18FN2O2P. The van der Waals surface area contributed by atoms with E-state index >= 15 is 0 Å². The summed E-state index contributed by atoms with van der Waals surface area (Å²) in [6, 6.07) is 14.3. The van der Waals surface area contributed by atoms with E-state index in [9.17, 15) is 4.39 Å². The first kappa shape index (κ1) is 15.1. The van der Waals surface area contributed by atoms with Gasteiger partial charge in [0.2, 0.25) is 8.45 Å². The normalized spacial score (nSPS) is 18.1. The lowest BCUT2D eigenvalue weighted by Gasteiger charge is -2.36. The molecule has 1 N–H and O–H groups in total. The zero-order chi connectivity index (χ0) is 15.4. The fraction of sp³-hybridized carbons (Fsp3) is 0.250. The predicted molar refractivity (Wildman–Crippen MR) is 87.9 cm³/mol. The van der Waals surface area contributed by atoms with Crippen LogP contribution in [-0.4, -0.2) is 20.3 Å². The molecule has 1 saturated heterocycles.